The zero-order chi connectivity index (χ0) is 16.8. The molecule has 0 aromatic heterocycles. The summed E-state index contributed by atoms with van der Waals surface area (Å²) in [6, 6.07) is 22.8. The summed E-state index contributed by atoms with van der Waals surface area (Å²) in [4.78, 5) is 11.1. The van der Waals surface area contributed by atoms with E-state index in [4.69, 9.17) is 4.74 Å². The third-order valence-electron chi connectivity index (χ3n) is 4.00. The summed E-state index contributed by atoms with van der Waals surface area (Å²) < 4.78 is 10.0. The van der Waals surface area contributed by atoms with Gasteiger partial charge in [-0.05, 0) is 46.9 Å². The molecule has 3 rings (SSSR count). The van der Waals surface area contributed by atoms with Gasteiger partial charge in [0.05, 0.1) is 7.11 Å². The Labute approximate surface area is 141 Å². The highest BCUT2D eigenvalue weighted by Crippen LogP contribution is 2.19. The van der Waals surface area contributed by atoms with E-state index in [0.717, 1.165) is 12.8 Å². The first-order chi connectivity index (χ1) is 11.7. The lowest BCUT2D eigenvalue weighted by atomic mass is 10.0. The smallest absolute Gasteiger partial charge is 0.343 e. The molecule has 0 saturated carbocycles. The first-order valence-corrected chi connectivity index (χ1v) is 8.01. The molecule has 0 radical (unpaired) electrons. The largest absolute Gasteiger partial charge is 0.482 e. The Hall–Kier alpha value is -2.81. The van der Waals surface area contributed by atoms with E-state index in [0.29, 0.717) is 5.75 Å². The molecule has 0 atom stereocenters. The van der Waals surface area contributed by atoms with Gasteiger partial charge in [0.2, 0.25) is 0 Å². The number of ether oxygens (including phenoxy) is 2. The van der Waals surface area contributed by atoms with E-state index in [2.05, 4.69) is 53.3 Å². The molecule has 0 unspecified atom stereocenters. The van der Waals surface area contributed by atoms with Crippen molar-refractivity contribution in [3.8, 4) is 5.75 Å². The van der Waals surface area contributed by atoms with Gasteiger partial charge in [0.1, 0.15) is 5.75 Å². The molecule has 0 spiro atoms. The highest BCUT2D eigenvalue weighted by Gasteiger charge is 2.03. The highest BCUT2D eigenvalue weighted by molar-refractivity contribution is 5.83. The van der Waals surface area contributed by atoms with Gasteiger partial charge in [-0.3, -0.25) is 0 Å². The Kier molecular flexibility index (Phi) is 5.12. The Morgan fingerprint density at radius 2 is 1.58 bits per heavy atom. The van der Waals surface area contributed by atoms with Crippen molar-refractivity contribution in [1.82, 2.24) is 0 Å². The molecule has 0 saturated heterocycles. The second-order valence-electron chi connectivity index (χ2n) is 5.69. The molecule has 0 amide bonds. The van der Waals surface area contributed by atoms with Crippen LogP contribution in [0.25, 0.3) is 10.8 Å². The van der Waals surface area contributed by atoms with Crippen LogP contribution >= 0.6 is 0 Å². The third-order valence-corrected chi connectivity index (χ3v) is 4.00. The minimum absolute atomic E-state index is 0.0649. The number of aryl methyl sites for hydroxylation is 2. The normalized spacial score (nSPS) is 10.5. The Bertz CT molecular complexity index is 839. The van der Waals surface area contributed by atoms with Gasteiger partial charge in [0.25, 0.3) is 0 Å². The van der Waals surface area contributed by atoms with Gasteiger partial charge in [-0.15, -0.1) is 0 Å². The average Bonchev–Trinajstić information content (AvgIpc) is 2.64. The maximum Gasteiger partial charge on any atom is 0.343 e. The molecule has 3 aromatic rings. The maximum atomic E-state index is 11.1. The van der Waals surface area contributed by atoms with Crippen molar-refractivity contribution in [2.45, 2.75) is 12.8 Å². The summed E-state index contributed by atoms with van der Waals surface area (Å²) >= 11 is 0. The first-order valence-electron chi connectivity index (χ1n) is 8.01. The monoisotopic (exact) mass is 320 g/mol. The van der Waals surface area contributed by atoms with Crippen molar-refractivity contribution in [3.05, 3.63) is 77.9 Å². The number of benzene rings is 3. The van der Waals surface area contributed by atoms with Crippen LogP contribution in [0, 0.1) is 0 Å². The second-order valence-corrected chi connectivity index (χ2v) is 5.69. The van der Waals surface area contributed by atoms with E-state index in [1.165, 1.54) is 29.0 Å². The SMILES string of the molecule is COC(=O)COc1cccc(CCc2ccc3ccccc3c2)c1. The van der Waals surface area contributed by atoms with Crippen molar-refractivity contribution in [1.29, 1.82) is 0 Å². The van der Waals surface area contributed by atoms with E-state index in [-0.39, 0.29) is 12.6 Å². The summed E-state index contributed by atoms with van der Waals surface area (Å²) in [7, 11) is 1.35. The standard InChI is InChI=1S/C21H20O3/c1-23-21(22)15-24-20-8-4-5-16(14-20)9-10-17-11-12-18-6-2-3-7-19(18)13-17/h2-8,11-14H,9-10,15H2,1H3. The van der Waals surface area contributed by atoms with Gasteiger partial charge in [0, 0.05) is 0 Å². The summed E-state index contributed by atoms with van der Waals surface area (Å²) in [5.74, 6) is 0.313. The molecule has 0 fully saturated rings. The molecule has 0 aliphatic carbocycles. The molecule has 3 heteroatoms. The maximum absolute atomic E-state index is 11.1. The van der Waals surface area contributed by atoms with E-state index in [1.807, 2.05) is 18.2 Å². The number of carbonyl (C=O) groups excluding carboxylic acids is 1. The summed E-state index contributed by atoms with van der Waals surface area (Å²) in [6.07, 6.45) is 1.89. The van der Waals surface area contributed by atoms with Crippen molar-refractivity contribution in [2.24, 2.45) is 0 Å². The van der Waals surface area contributed by atoms with E-state index in [9.17, 15) is 4.79 Å². The van der Waals surface area contributed by atoms with Crippen LogP contribution in [0.15, 0.2) is 66.7 Å². The molecule has 0 aliphatic rings. The first kappa shape index (κ1) is 16.1. The van der Waals surface area contributed by atoms with Crippen molar-refractivity contribution < 1.29 is 14.3 Å². The fraction of sp³-hybridized carbons (Fsp3) is 0.190. The molecule has 0 heterocycles. The number of hydrogen-bond acceptors (Lipinski definition) is 3. The molecule has 0 N–H and O–H groups in total. The van der Waals surface area contributed by atoms with Crippen LogP contribution in [0.4, 0.5) is 0 Å². The van der Waals surface area contributed by atoms with Crippen LogP contribution in [0.5, 0.6) is 5.75 Å². The number of esters is 1. The van der Waals surface area contributed by atoms with Crippen LogP contribution < -0.4 is 4.74 Å². The van der Waals surface area contributed by atoms with Gasteiger partial charge >= 0.3 is 5.97 Å². The average molecular weight is 320 g/mol. The van der Waals surface area contributed by atoms with Crippen molar-refractivity contribution in [2.75, 3.05) is 13.7 Å². The molecule has 3 nitrogen and oxygen atoms in total. The second kappa shape index (κ2) is 7.64. The van der Waals surface area contributed by atoms with Crippen LogP contribution in [-0.2, 0) is 22.4 Å². The van der Waals surface area contributed by atoms with Gasteiger partial charge < -0.3 is 9.47 Å². The number of fused-ring (bicyclic) bond motifs is 1. The predicted octanol–water partition coefficient (Wildman–Crippen LogP) is 4.18. The topological polar surface area (TPSA) is 35.5 Å². The highest BCUT2D eigenvalue weighted by atomic mass is 16.6. The van der Waals surface area contributed by atoms with Gasteiger partial charge in [-0.25, -0.2) is 4.79 Å². The zero-order valence-corrected chi connectivity index (χ0v) is 13.7. The zero-order valence-electron chi connectivity index (χ0n) is 13.7. The number of rotatable bonds is 6. The number of methoxy groups -OCH3 is 1. The lowest BCUT2D eigenvalue weighted by Crippen LogP contribution is -2.12. The molecule has 24 heavy (non-hydrogen) atoms. The molecular formula is C21H20O3. The summed E-state index contributed by atoms with van der Waals surface area (Å²) in [5.41, 5.74) is 2.50. The molecule has 3 aromatic carbocycles. The van der Waals surface area contributed by atoms with E-state index < -0.39 is 0 Å². The van der Waals surface area contributed by atoms with Crippen LogP contribution in [0.1, 0.15) is 11.1 Å². The molecule has 0 aliphatic heterocycles. The number of carbonyl (C=O) groups is 1. The molecule has 0 bridgehead atoms. The molecule has 122 valence electrons. The quantitative estimate of drug-likeness (QED) is 0.639. The Morgan fingerprint density at radius 3 is 2.38 bits per heavy atom. The predicted molar refractivity (Wildman–Crippen MR) is 95.3 cm³/mol. The fourth-order valence-electron chi connectivity index (χ4n) is 2.67. The lowest BCUT2D eigenvalue weighted by molar-refractivity contribution is -0.142. The minimum Gasteiger partial charge on any atom is -0.482 e. The van der Waals surface area contributed by atoms with Gasteiger partial charge in [-0.2, -0.15) is 0 Å². The van der Waals surface area contributed by atoms with Gasteiger partial charge in [-0.1, -0.05) is 54.6 Å². The Balaban J connectivity index is 1.64. The fourth-order valence-corrected chi connectivity index (χ4v) is 2.67. The Morgan fingerprint density at radius 1 is 0.833 bits per heavy atom. The summed E-state index contributed by atoms with van der Waals surface area (Å²) in [6.45, 7) is -0.0649. The van der Waals surface area contributed by atoms with Gasteiger partial charge in [0.15, 0.2) is 6.61 Å². The minimum atomic E-state index is -0.378. The third kappa shape index (κ3) is 4.13. The molecular weight excluding hydrogens is 300 g/mol. The lowest BCUT2D eigenvalue weighted by Gasteiger charge is -2.08. The number of hydrogen-bond donors (Lipinski definition) is 0. The van der Waals surface area contributed by atoms with Crippen LogP contribution in [0.3, 0.4) is 0 Å². The van der Waals surface area contributed by atoms with E-state index in [1.54, 1.807) is 0 Å². The van der Waals surface area contributed by atoms with E-state index >= 15 is 0 Å². The van der Waals surface area contributed by atoms with Crippen molar-refractivity contribution >= 4 is 16.7 Å². The summed E-state index contributed by atoms with van der Waals surface area (Å²) in [5, 5.41) is 2.53. The van der Waals surface area contributed by atoms with Crippen LogP contribution in [0.2, 0.25) is 0 Å². The van der Waals surface area contributed by atoms with Crippen LogP contribution in [-0.4, -0.2) is 19.7 Å². The van der Waals surface area contributed by atoms with Crippen molar-refractivity contribution in [3.63, 3.8) is 0 Å².